The highest BCUT2D eigenvalue weighted by molar-refractivity contribution is 5.53. The molecule has 4 nitrogen and oxygen atoms in total. The van der Waals surface area contributed by atoms with E-state index in [2.05, 4.69) is 39.8 Å². The lowest BCUT2D eigenvalue weighted by Gasteiger charge is -2.48. The molecule has 0 aromatic heterocycles. The second kappa shape index (κ2) is 9.47. The lowest BCUT2D eigenvalue weighted by atomic mass is 9.56. The molecule has 6 atom stereocenters. The van der Waals surface area contributed by atoms with Crippen molar-refractivity contribution < 1.29 is 20.4 Å². The summed E-state index contributed by atoms with van der Waals surface area (Å²) < 4.78 is 0. The SMILES string of the molecule is C[C@@]12CC[C@]3(C)C(=C1C[C@H](O)C2)CCc1cc(O)ccc13.C[C@]12CC[C@@]3(C)C(=C1C[C@@H](O)C2)CCc1cc(O)ccc13. The molecule has 6 aliphatic rings. The van der Waals surface area contributed by atoms with E-state index in [0.717, 1.165) is 64.2 Å². The summed E-state index contributed by atoms with van der Waals surface area (Å²) in [6.45, 7) is 9.43. The van der Waals surface area contributed by atoms with E-state index >= 15 is 0 Å². The Balaban J connectivity index is 0.000000137. The Kier molecular flexibility index (Phi) is 6.36. The molecule has 2 aromatic rings. The highest BCUT2D eigenvalue weighted by Gasteiger charge is 2.51. The van der Waals surface area contributed by atoms with E-state index in [9.17, 15) is 20.4 Å². The molecule has 4 N–H and O–H groups in total. The fourth-order valence-electron chi connectivity index (χ4n) is 10.5. The van der Waals surface area contributed by atoms with Crippen molar-refractivity contribution in [3.63, 3.8) is 0 Å². The van der Waals surface area contributed by atoms with Crippen LogP contribution in [0, 0.1) is 10.8 Å². The van der Waals surface area contributed by atoms with Crippen LogP contribution in [0.3, 0.4) is 0 Å². The zero-order chi connectivity index (χ0) is 29.7. The number of phenolic OH excluding ortho intramolecular Hbond substituents is 2. The van der Waals surface area contributed by atoms with Gasteiger partial charge in [0.05, 0.1) is 12.2 Å². The zero-order valence-corrected chi connectivity index (χ0v) is 25.9. The van der Waals surface area contributed by atoms with Crippen LogP contribution in [0.2, 0.25) is 0 Å². The smallest absolute Gasteiger partial charge is 0.115 e. The number of aliphatic hydroxyl groups excluding tert-OH is 2. The minimum Gasteiger partial charge on any atom is -0.508 e. The quantitative estimate of drug-likeness (QED) is 0.246. The number of aromatic hydroxyl groups is 2. The van der Waals surface area contributed by atoms with Gasteiger partial charge in [-0.2, -0.15) is 0 Å². The molecule has 0 unspecified atom stereocenters. The standard InChI is InChI=1S/2C19H24O2/c2*1-18-7-8-19(2)15-6-4-13(20)9-12(15)3-5-16(19)17(18)10-14(21)11-18/h2*4,6,9,14,20-21H,3,5,7-8,10-11H2,1-2H3/t2*14-,18-,19-/m10/s1. The summed E-state index contributed by atoms with van der Waals surface area (Å²) in [4.78, 5) is 0. The van der Waals surface area contributed by atoms with Crippen LogP contribution in [0.4, 0.5) is 0 Å². The third kappa shape index (κ3) is 4.15. The van der Waals surface area contributed by atoms with Gasteiger partial charge in [0.15, 0.2) is 0 Å². The van der Waals surface area contributed by atoms with Crippen molar-refractivity contribution in [3.05, 3.63) is 80.9 Å². The van der Waals surface area contributed by atoms with Crippen molar-refractivity contribution in [1.82, 2.24) is 0 Å². The molecule has 2 aromatic carbocycles. The van der Waals surface area contributed by atoms with Gasteiger partial charge in [0.1, 0.15) is 11.5 Å². The van der Waals surface area contributed by atoms with Crippen molar-refractivity contribution in [3.8, 4) is 11.5 Å². The Morgan fingerprint density at radius 1 is 0.548 bits per heavy atom. The van der Waals surface area contributed by atoms with Crippen molar-refractivity contribution in [2.24, 2.45) is 10.8 Å². The third-order valence-corrected chi connectivity index (χ3v) is 12.8. The molecule has 0 amide bonds. The number of phenols is 2. The first kappa shape index (κ1) is 28.2. The first-order chi connectivity index (χ1) is 19.8. The number of rotatable bonds is 0. The van der Waals surface area contributed by atoms with E-state index in [4.69, 9.17) is 0 Å². The summed E-state index contributed by atoms with van der Waals surface area (Å²) in [5.41, 5.74) is 12.4. The van der Waals surface area contributed by atoms with Crippen LogP contribution in [-0.4, -0.2) is 32.6 Å². The Hall–Kier alpha value is -2.56. The van der Waals surface area contributed by atoms with E-state index in [1.807, 2.05) is 24.3 Å². The summed E-state index contributed by atoms with van der Waals surface area (Å²) in [7, 11) is 0. The van der Waals surface area contributed by atoms with Crippen LogP contribution in [-0.2, 0) is 23.7 Å². The minimum atomic E-state index is -0.152. The van der Waals surface area contributed by atoms with Crippen LogP contribution in [0.15, 0.2) is 58.7 Å². The van der Waals surface area contributed by atoms with Gasteiger partial charge in [-0.25, -0.2) is 0 Å². The van der Waals surface area contributed by atoms with Gasteiger partial charge in [-0.15, -0.1) is 0 Å². The van der Waals surface area contributed by atoms with E-state index in [1.54, 1.807) is 22.3 Å². The molecule has 224 valence electrons. The lowest BCUT2D eigenvalue weighted by Crippen LogP contribution is -2.38. The van der Waals surface area contributed by atoms with Gasteiger partial charge in [0, 0.05) is 10.8 Å². The second-order valence-electron chi connectivity index (χ2n) is 15.5. The van der Waals surface area contributed by atoms with Crippen molar-refractivity contribution >= 4 is 0 Å². The van der Waals surface area contributed by atoms with Gasteiger partial charge >= 0.3 is 0 Å². The van der Waals surface area contributed by atoms with Gasteiger partial charge in [-0.3, -0.25) is 0 Å². The molecule has 2 fully saturated rings. The normalized spacial score (nSPS) is 38.0. The maximum Gasteiger partial charge on any atom is 0.115 e. The molecule has 4 heteroatoms. The number of hydrogen-bond acceptors (Lipinski definition) is 4. The minimum absolute atomic E-state index is 0.111. The summed E-state index contributed by atoms with van der Waals surface area (Å²) in [6, 6.07) is 11.8. The van der Waals surface area contributed by atoms with Crippen LogP contribution in [0.1, 0.15) is 114 Å². The number of benzene rings is 2. The molecular formula is C38H48O4. The average Bonchev–Trinajstić information content (AvgIpc) is 3.41. The van der Waals surface area contributed by atoms with Crippen LogP contribution >= 0.6 is 0 Å². The third-order valence-electron chi connectivity index (χ3n) is 12.8. The van der Waals surface area contributed by atoms with Gasteiger partial charge < -0.3 is 20.4 Å². The summed E-state index contributed by atoms with van der Waals surface area (Å²) in [6.07, 6.45) is 12.2. The second-order valence-corrected chi connectivity index (χ2v) is 15.5. The molecule has 0 aliphatic heterocycles. The fourth-order valence-corrected chi connectivity index (χ4v) is 10.5. The number of allylic oxidation sites excluding steroid dienone is 2. The molecule has 0 saturated heterocycles. The van der Waals surface area contributed by atoms with E-state index in [0.29, 0.717) is 11.5 Å². The van der Waals surface area contributed by atoms with E-state index in [-0.39, 0.29) is 33.9 Å². The largest absolute Gasteiger partial charge is 0.508 e. The van der Waals surface area contributed by atoms with Crippen molar-refractivity contribution in [2.75, 3.05) is 0 Å². The van der Waals surface area contributed by atoms with Gasteiger partial charge in [-0.05, 0) is 134 Å². The molecule has 6 aliphatic carbocycles. The number of aliphatic hydroxyl groups is 2. The Morgan fingerprint density at radius 3 is 1.36 bits per heavy atom. The van der Waals surface area contributed by atoms with Crippen LogP contribution in [0.25, 0.3) is 0 Å². The molecule has 8 rings (SSSR count). The maximum absolute atomic E-state index is 10.2. The molecule has 2 saturated carbocycles. The topological polar surface area (TPSA) is 80.9 Å². The summed E-state index contributed by atoms with van der Waals surface area (Å²) in [5.74, 6) is 0.760. The monoisotopic (exact) mass is 568 g/mol. The Labute approximate surface area is 251 Å². The van der Waals surface area contributed by atoms with Gasteiger partial charge in [0.2, 0.25) is 0 Å². The highest BCUT2D eigenvalue weighted by Crippen LogP contribution is 2.61. The maximum atomic E-state index is 10.2. The highest BCUT2D eigenvalue weighted by atomic mass is 16.3. The summed E-state index contributed by atoms with van der Waals surface area (Å²) in [5, 5.41) is 39.8. The Bertz CT molecular complexity index is 1400. The predicted molar refractivity (Wildman–Crippen MR) is 167 cm³/mol. The van der Waals surface area contributed by atoms with Gasteiger partial charge in [0.25, 0.3) is 0 Å². The van der Waals surface area contributed by atoms with E-state index in [1.165, 1.54) is 35.1 Å². The average molecular weight is 569 g/mol. The molecule has 0 spiro atoms. The van der Waals surface area contributed by atoms with E-state index < -0.39 is 0 Å². The van der Waals surface area contributed by atoms with Crippen molar-refractivity contribution in [2.45, 2.75) is 128 Å². The zero-order valence-electron chi connectivity index (χ0n) is 25.9. The fraction of sp³-hybridized carbons (Fsp3) is 0.579. The molecule has 0 heterocycles. The summed E-state index contributed by atoms with van der Waals surface area (Å²) >= 11 is 0. The molecular weight excluding hydrogens is 520 g/mol. The first-order valence-corrected chi connectivity index (χ1v) is 16.3. The molecule has 0 radical (unpaired) electrons. The predicted octanol–water partition coefficient (Wildman–Crippen LogP) is 7.70. The van der Waals surface area contributed by atoms with Crippen LogP contribution in [0.5, 0.6) is 11.5 Å². The molecule has 0 bridgehead atoms. The first-order valence-electron chi connectivity index (χ1n) is 16.3. The van der Waals surface area contributed by atoms with Crippen molar-refractivity contribution in [1.29, 1.82) is 0 Å². The number of fused-ring (bicyclic) bond motifs is 8. The van der Waals surface area contributed by atoms with Gasteiger partial charge in [-0.1, -0.05) is 62.1 Å². The Morgan fingerprint density at radius 2 is 0.952 bits per heavy atom. The number of aryl methyl sites for hydroxylation is 2. The molecule has 42 heavy (non-hydrogen) atoms. The van der Waals surface area contributed by atoms with Crippen LogP contribution < -0.4 is 0 Å². The number of hydrogen-bond donors (Lipinski definition) is 4. The lowest BCUT2D eigenvalue weighted by molar-refractivity contribution is 0.156.